The van der Waals surface area contributed by atoms with Crippen LogP contribution in [-0.2, 0) is 5.75 Å². The maximum Gasteiger partial charge on any atom is 0.354 e. The molecule has 0 radical (unpaired) electrons. The first-order valence-electron chi connectivity index (χ1n) is 5.26. The van der Waals surface area contributed by atoms with Gasteiger partial charge in [-0.15, -0.1) is 0 Å². The van der Waals surface area contributed by atoms with Crippen LogP contribution in [0.2, 0.25) is 0 Å². The molecule has 8 heteroatoms. The van der Waals surface area contributed by atoms with E-state index in [0.717, 1.165) is 0 Å². The predicted octanol–water partition coefficient (Wildman–Crippen LogP) is 1.03. The summed E-state index contributed by atoms with van der Waals surface area (Å²) >= 11 is 1.28. The summed E-state index contributed by atoms with van der Waals surface area (Å²) in [5, 5.41) is 9.27. The standard InChI is InChI=1S/C11H11N5O2S/c12-8-4-9(13)16-11(15-8)19-5-6-2-1-3-7(14-6)10(17)18/h1-4H,5H2,(H,17,18)(H4,12,13,15,16). The Kier molecular flexibility index (Phi) is 3.81. The molecule has 2 rings (SSSR count). The SMILES string of the molecule is Nc1cc(N)nc(SCc2cccc(C(=O)O)n2)n1. The summed E-state index contributed by atoms with van der Waals surface area (Å²) in [6.07, 6.45) is 0. The zero-order valence-electron chi connectivity index (χ0n) is 9.78. The van der Waals surface area contributed by atoms with E-state index in [9.17, 15) is 4.79 Å². The van der Waals surface area contributed by atoms with Crippen molar-refractivity contribution in [3.05, 3.63) is 35.7 Å². The van der Waals surface area contributed by atoms with E-state index in [4.69, 9.17) is 16.6 Å². The van der Waals surface area contributed by atoms with Gasteiger partial charge >= 0.3 is 5.97 Å². The minimum absolute atomic E-state index is 0.00566. The van der Waals surface area contributed by atoms with Crippen LogP contribution >= 0.6 is 11.8 Å². The van der Waals surface area contributed by atoms with Gasteiger partial charge in [0.05, 0.1) is 5.69 Å². The van der Waals surface area contributed by atoms with Crippen LogP contribution in [0.5, 0.6) is 0 Å². The summed E-state index contributed by atoms with van der Waals surface area (Å²) in [6, 6.07) is 6.27. The minimum atomic E-state index is -1.06. The number of hydrogen-bond acceptors (Lipinski definition) is 7. The lowest BCUT2D eigenvalue weighted by atomic mass is 10.3. The van der Waals surface area contributed by atoms with Gasteiger partial charge in [0.1, 0.15) is 17.3 Å². The molecule has 0 amide bonds. The van der Waals surface area contributed by atoms with E-state index >= 15 is 0 Å². The van der Waals surface area contributed by atoms with Gasteiger partial charge < -0.3 is 16.6 Å². The van der Waals surface area contributed by atoms with Gasteiger partial charge in [0.2, 0.25) is 0 Å². The van der Waals surface area contributed by atoms with Crippen LogP contribution in [0, 0.1) is 0 Å². The lowest BCUT2D eigenvalue weighted by molar-refractivity contribution is 0.0690. The molecule has 0 saturated carbocycles. The Morgan fingerprint density at radius 1 is 1.21 bits per heavy atom. The third kappa shape index (κ3) is 3.55. The molecular formula is C11H11N5O2S. The summed E-state index contributed by atoms with van der Waals surface area (Å²) in [5.41, 5.74) is 11.7. The van der Waals surface area contributed by atoms with Crippen molar-refractivity contribution in [1.29, 1.82) is 0 Å². The van der Waals surface area contributed by atoms with Crippen LogP contribution < -0.4 is 11.5 Å². The Balaban J connectivity index is 2.10. The first-order valence-corrected chi connectivity index (χ1v) is 6.25. The lowest BCUT2D eigenvalue weighted by Gasteiger charge is -2.03. The van der Waals surface area contributed by atoms with Gasteiger partial charge in [0, 0.05) is 11.8 Å². The second-order valence-corrected chi connectivity index (χ2v) is 4.55. The maximum absolute atomic E-state index is 10.8. The van der Waals surface area contributed by atoms with Gasteiger partial charge in [0.15, 0.2) is 5.16 Å². The molecule has 5 N–H and O–H groups in total. The summed E-state index contributed by atoms with van der Waals surface area (Å²) < 4.78 is 0. The number of aromatic carboxylic acids is 1. The van der Waals surface area contributed by atoms with E-state index in [1.54, 1.807) is 12.1 Å². The molecule has 2 heterocycles. The number of rotatable bonds is 4. The van der Waals surface area contributed by atoms with Crippen molar-refractivity contribution >= 4 is 29.4 Å². The average molecular weight is 277 g/mol. The van der Waals surface area contributed by atoms with Crippen molar-refractivity contribution in [1.82, 2.24) is 15.0 Å². The largest absolute Gasteiger partial charge is 0.477 e. The number of pyridine rings is 1. The van der Waals surface area contributed by atoms with E-state index in [2.05, 4.69) is 15.0 Å². The number of nitrogen functional groups attached to an aromatic ring is 2. The highest BCUT2D eigenvalue weighted by molar-refractivity contribution is 7.98. The van der Waals surface area contributed by atoms with Crippen molar-refractivity contribution in [3.8, 4) is 0 Å². The molecule has 0 aromatic carbocycles. The Bertz CT molecular complexity index is 600. The second-order valence-electron chi connectivity index (χ2n) is 3.61. The first-order chi connectivity index (χ1) is 9.04. The fourth-order valence-corrected chi connectivity index (χ4v) is 2.12. The Morgan fingerprint density at radius 3 is 2.53 bits per heavy atom. The van der Waals surface area contributed by atoms with Crippen LogP contribution in [0.4, 0.5) is 11.6 Å². The third-order valence-electron chi connectivity index (χ3n) is 2.12. The lowest BCUT2D eigenvalue weighted by Crippen LogP contribution is -2.02. The molecule has 2 aromatic rings. The number of aromatic nitrogens is 3. The number of nitrogens with zero attached hydrogens (tertiary/aromatic N) is 3. The number of nitrogens with two attached hydrogens (primary N) is 2. The molecule has 19 heavy (non-hydrogen) atoms. The van der Waals surface area contributed by atoms with Crippen molar-refractivity contribution in [2.24, 2.45) is 0 Å². The van der Waals surface area contributed by atoms with E-state index in [1.807, 2.05) is 0 Å². The molecule has 0 unspecified atom stereocenters. The van der Waals surface area contributed by atoms with E-state index < -0.39 is 5.97 Å². The fraction of sp³-hybridized carbons (Fsp3) is 0.0909. The number of carbonyl (C=O) groups is 1. The molecule has 0 aliphatic heterocycles. The van der Waals surface area contributed by atoms with E-state index in [1.165, 1.54) is 23.9 Å². The number of carboxylic acid groups (broad SMARTS) is 1. The highest BCUT2D eigenvalue weighted by atomic mass is 32.2. The van der Waals surface area contributed by atoms with Crippen LogP contribution in [0.25, 0.3) is 0 Å². The van der Waals surface area contributed by atoms with Gasteiger partial charge in [-0.05, 0) is 12.1 Å². The molecule has 0 bridgehead atoms. The molecule has 0 aliphatic rings. The van der Waals surface area contributed by atoms with Crippen molar-refractivity contribution in [3.63, 3.8) is 0 Å². The number of hydrogen-bond donors (Lipinski definition) is 3. The molecule has 0 fully saturated rings. The van der Waals surface area contributed by atoms with E-state index in [0.29, 0.717) is 28.2 Å². The number of anilines is 2. The van der Waals surface area contributed by atoms with Gasteiger partial charge in [-0.3, -0.25) is 0 Å². The Labute approximate surface area is 113 Å². The first kappa shape index (κ1) is 13.1. The van der Waals surface area contributed by atoms with Crippen molar-refractivity contribution < 1.29 is 9.90 Å². The average Bonchev–Trinajstić information content (AvgIpc) is 2.35. The number of carboxylic acids is 1. The summed E-state index contributed by atoms with van der Waals surface area (Å²) in [6.45, 7) is 0. The van der Waals surface area contributed by atoms with Gasteiger partial charge in [-0.25, -0.2) is 19.7 Å². The molecule has 98 valence electrons. The molecule has 0 spiro atoms. The van der Waals surface area contributed by atoms with Crippen LogP contribution in [0.3, 0.4) is 0 Å². The van der Waals surface area contributed by atoms with Crippen LogP contribution in [-0.4, -0.2) is 26.0 Å². The monoisotopic (exact) mass is 277 g/mol. The second kappa shape index (κ2) is 5.53. The Morgan fingerprint density at radius 2 is 1.89 bits per heavy atom. The van der Waals surface area contributed by atoms with Crippen molar-refractivity contribution in [2.75, 3.05) is 11.5 Å². The zero-order chi connectivity index (χ0) is 13.8. The highest BCUT2D eigenvalue weighted by Gasteiger charge is 2.07. The smallest absolute Gasteiger partial charge is 0.354 e. The molecule has 0 aliphatic carbocycles. The molecule has 0 atom stereocenters. The summed E-state index contributed by atoms with van der Waals surface area (Å²) in [5.74, 6) is -0.0370. The summed E-state index contributed by atoms with van der Waals surface area (Å²) in [4.78, 5) is 22.8. The van der Waals surface area contributed by atoms with Crippen LogP contribution in [0.1, 0.15) is 16.2 Å². The zero-order valence-corrected chi connectivity index (χ0v) is 10.6. The molecule has 0 saturated heterocycles. The minimum Gasteiger partial charge on any atom is -0.477 e. The molecule has 2 aromatic heterocycles. The van der Waals surface area contributed by atoms with Crippen molar-refractivity contribution in [2.45, 2.75) is 10.9 Å². The van der Waals surface area contributed by atoms with Gasteiger partial charge in [0.25, 0.3) is 0 Å². The van der Waals surface area contributed by atoms with Crippen LogP contribution in [0.15, 0.2) is 29.4 Å². The van der Waals surface area contributed by atoms with E-state index in [-0.39, 0.29) is 5.69 Å². The normalized spacial score (nSPS) is 10.3. The highest BCUT2D eigenvalue weighted by Crippen LogP contribution is 2.20. The number of thioether (sulfide) groups is 1. The quantitative estimate of drug-likeness (QED) is 0.558. The molecule has 7 nitrogen and oxygen atoms in total. The predicted molar refractivity (Wildman–Crippen MR) is 71.6 cm³/mol. The Hall–Kier alpha value is -2.35. The third-order valence-corrected chi connectivity index (χ3v) is 3.00. The summed E-state index contributed by atoms with van der Waals surface area (Å²) in [7, 11) is 0. The fourth-order valence-electron chi connectivity index (χ4n) is 1.34. The maximum atomic E-state index is 10.8. The van der Waals surface area contributed by atoms with Gasteiger partial charge in [-0.1, -0.05) is 17.8 Å². The topological polar surface area (TPSA) is 128 Å². The van der Waals surface area contributed by atoms with Gasteiger partial charge in [-0.2, -0.15) is 0 Å². The molecular weight excluding hydrogens is 266 g/mol.